The molecular weight excluding hydrogens is 644 g/mol. The Labute approximate surface area is 265 Å². The summed E-state index contributed by atoms with van der Waals surface area (Å²) in [5.41, 5.74) is 3.43. The maximum Gasteiger partial charge on any atom is 0.416 e. The van der Waals surface area contributed by atoms with Crippen molar-refractivity contribution in [2.75, 3.05) is 38.2 Å². The van der Waals surface area contributed by atoms with Crippen molar-refractivity contribution in [2.24, 2.45) is 5.92 Å². The second-order valence-electron chi connectivity index (χ2n) is 11.8. The van der Waals surface area contributed by atoms with Gasteiger partial charge in [0.1, 0.15) is 5.60 Å². The highest BCUT2D eigenvalue weighted by molar-refractivity contribution is 7.91. The Morgan fingerprint density at radius 1 is 1.18 bits per heavy atom. The molecule has 3 N–H and O–H groups in total. The molecular formula is C29H37Cl2F3N4O5S. The average molecular weight is 682 g/mol. The zero-order valence-electron chi connectivity index (χ0n) is 25.1. The molecule has 0 unspecified atom stereocenters. The summed E-state index contributed by atoms with van der Waals surface area (Å²) in [6.45, 7) is 7.46. The molecule has 1 atom stereocenters. The van der Waals surface area contributed by atoms with Gasteiger partial charge in [-0.3, -0.25) is 9.69 Å². The van der Waals surface area contributed by atoms with Gasteiger partial charge >= 0.3 is 12.3 Å². The number of nitrogens with two attached hydrogens (primary N) is 1. The van der Waals surface area contributed by atoms with Crippen molar-refractivity contribution in [2.45, 2.75) is 63.9 Å². The second kappa shape index (κ2) is 13.7. The second-order valence-corrected chi connectivity index (χ2v) is 14.8. The minimum absolute atomic E-state index is 0.00377. The lowest BCUT2D eigenvalue weighted by Crippen LogP contribution is -2.37. The maximum atomic E-state index is 14.3. The molecule has 0 saturated carbocycles. The highest BCUT2D eigenvalue weighted by atomic mass is 35.5. The number of amides is 2. The first-order valence-electron chi connectivity index (χ1n) is 13.9. The molecule has 244 valence electrons. The predicted octanol–water partition coefficient (Wildman–Crippen LogP) is 6.01. The molecule has 2 aromatic carbocycles. The molecule has 1 fully saturated rings. The van der Waals surface area contributed by atoms with E-state index >= 15 is 0 Å². The summed E-state index contributed by atoms with van der Waals surface area (Å²) in [6.07, 6.45) is -4.70. The van der Waals surface area contributed by atoms with E-state index in [1.807, 2.05) is 0 Å². The zero-order chi connectivity index (χ0) is 33.2. The number of halogens is 5. The number of nitrogens with one attached hydrogen (secondary N) is 1. The van der Waals surface area contributed by atoms with E-state index in [2.05, 4.69) is 5.32 Å². The first-order chi connectivity index (χ1) is 20.2. The van der Waals surface area contributed by atoms with Crippen molar-refractivity contribution in [3.8, 4) is 0 Å². The highest BCUT2D eigenvalue weighted by Gasteiger charge is 2.38. The first kappa shape index (κ1) is 35.7. The molecule has 2 amide bonds. The van der Waals surface area contributed by atoms with Crippen LogP contribution in [-0.4, -0.2) is 68.3 Å². The summed E-state index contributed by atoms with van der Waals surface area (Å²) in [5.74, 6) is -1.17. The fourth-order valence-corrected chi connectivity index (χ4v) is 6.53. The van der Waals surface area contributed by atoms with Gasteiger partial charge in [-0.25, -0.2) is 13.2 Å². The number of ether oxygens (including phenoxy) is 1. The van der Waals surface area contributed by atoms with Crippen LogP contribution in [0.5, 0.6) is 0 Å². The monoisotopic (exact) mass is 680 g/mol. The fourth-order valence-electron chi connectivity index (χ4n) is 4.95. The van der Waals surface area contributed by atoms with E-state index < -0.39 is 49.8 Å². The summed E-state index contributed by atoms with van der Waals surface area (Å²) in [6, 6.07) is 4.73. The highest BCUT2D eigenvalue weighted by Crippen LogP contribution is 2.41. The van der Waals surface area contributed by atoms with Crippen LogP contribution < -0.4 is 11.1 Å². The standard InChI is InChI=1S/C29H37Cl2F3N4O5S/c1-6-44(41,42)23-8-7-19(30)11-18(23)13-36-26(39)20-12-22(29(32,33)34)21(24(31)25(20)35)16-38-10-9-17(15-38)14-37(5)27(40)43-28(2,3)4/h7-8,11-12,17H,6,9-10,13-16,35H2,1-5H3,(H,36,39)/t17-/m1/s1. The lowest BCUT2D eigenvalue weighted by atomic mass is 10.00. The number of hydrogen-bond acceptors (Lipinski definition) is 7. The number of carbonyl (C=O) groups is 2. The predicted molar refractivity (Wildman–Crippen MR) is 163 cm³/mol. The number of nitrogen functional groups attached to an aromatic ring is 1. The number of benzene rings is 2. The smallest absolute Gasteiger partial charge is 0.416 e. The molecule has 1 heterocycles. The molecule has 1 aliphatic rings. The molecule has 1 saturated heterocycles. The molecule has 3 rings (SSSR count). The molecule has 0 spiro atoms. The molecule has 44 heavy (non-hydrogen) atoms. The van der Waals surface area contributed by atoms with Gasteiger partial charge in [0.25, 0.3) is 5.91 Å². The number of carbonyl (C=O) groups excluding carboxylic acids is 2. The van der Waals surface area contributed by atoms with Crippen LogP contribution in [0.1, 0.15) is 61.2 Å². The van der Waals surface area contributed by atoms with Crippen molar-refractivity contribution in [1.29, 1.82) is 0 Å². The van der Waals surface area contributed by atoms with Crippen molar-refractivity contribution in [3.05, 3.63) is 56.6 Å². The van der Waals surface area contributed by atoms with Crippen LogP contribution >= 0.6 is 23.2 Å². The first-order valence-corrected chi connectivity index (χ1v) is 16.3. The number of likely N-dealkylation sites (tertiary alicyclic amines) is 1. The zero-order valence-corrected chi connectivity index (χ0v) is 27.5. The Bertz CT molecular complexity index is 1510. The van der Waals surface area contributed by atoms with Gasteiger partial charge in [-0.1, -0.05) is 30.1 Å². The third-order valence-corrected chi connectivity index (χ3v) is 9.62. The summed E-state index contributed by atoms with van der Waals surface area (Å²) in [5, 5.41) is 2.27. The lowest BCUT2D eigenvalue weighted by molar-refractivity contribution is -0.138. The quantitative estimate of drug-likeness (QED) is 0.311. The van der Waals surface area contributed by atoms with E-state index in [0.29, 0.717) is 32.1 Å². The van der Waals surface area contributed by atoms with Crippen molar-refractivity contribution < 1.29 is 35.9 Å². The van der Waals surface area contributed by atoms with E-state index in [1.165, 1.54) is 30.0 Å². The lowest BCUT2D eigenvalue weighted by Gasteiger charge is -2.26. The number of sulfone groups is 1. The Kier molecular flexibility index (Phi) is 11.1. The van der Waals surface area contributed by atoms with E-state index in [-0.39, 0.29) is 51.5 Å². The maximum absolute atomic E-state index is 14.3. The van der Waals surface area contributed by atoms with Crippen molar-refractivity contribution in [3.63, 3.8) is 0 Å². The van der Waals surface area contributed by atoms with Crippen LogP contribution in [0.2, 0.25) is 10.0 Å². The van der Waals surface area contributed by atoms with Gasteiger partial charge in [-0.05, 0) is 75.0 Å². The SMILES string of the molecule is CCS(=O)(=O)c1ccc(Cl)cc1CNC(=O)c1cc(C(F)(F)F)c(CN2CC[C@H](CN(C)C(=O)OC(C)(C)C)C2)c(Cl)c1N. The molecule has 0 aromatic heterocycles. The van der Waals surface area contributed by atoms with E-state index in [1.54, 1.807) is 32.7 Å². The van der Waals surface area contributed by atoms with E-state index in [9.17, 15) is 31.2 Å². The largest absolute Gasteiger partial charge is 0.444 e. The van der Waals surface area contributed by atoms with Crippen LogP contribution in [-0.2, 0) is 33.8 Å². The van der Waals surface area contributed by atoms with Crippen LogP contribution in [0.4, 0.5) is 23.7 Å². The van der Waals surface area contributed by atoms with Gasteiger partial charge < -0.3 is 20.7 Å². The molecule has 15 heteroatoms. The third kappa shape index (κ3) is 8.92. The van der Waals surface area contributed by atoms with Crippen molar-refractivity contribution in [1.82, 2.24) is 15.1 Å². The minimum atomic E-state index is -4.85. The molecule has 2 aromatic rings. The Balaban J connectivity index is 1.81. The summed E-state index contributed by atoms with van der Waals surface area (Å²) < 4.78 is 73.2. The molecule has 9 nitrogen and oxygen atoms in total. The Hall–Kier alpha value is -2.74. The van der Waals surface area contributed by atoms with Crippen LogP contribution in [0.25, 0.3) is 0 Å². The fraction of sp³-hybridized carbons (Fsp3) is 0.517. The number of nitrogens with zero attached hydrogens (tertiary/aromatic N) is 2. The van der Waals surface area contributed by atoms with Gasteiger partial charge in [-0.2, -0.15) is 13.2 Å². The molecule has 0 radical (unpaired) electrons. The molecule has 1 aliphatic heterocycles. The Morgan fingerprint density at radius 2 is 1.84 bits per heavy atom. The summed E-state index contributed by atoms with van der Waals surface area (Å²) in [7, 11) is -2.07. The van der Waals surface area contributed by atoms with Crippen LogP contribution in [0.15, 0.2) is 29.2 Å². The Morgan fingerprint density at radius 3 is 2.43 bits per heavy atom. The van der Waals surface area contributed by atoms with Gasteiger partial charge in [0.15, 0.2) is 9.84 Å². The van der Waals surface area contributed by atoms with Crippen LogP contribution in [0, 0.1) is 5.92 Å². The van der Waals surface area contributed by atoms with Crippen LogP contribution in [0.3, 0.4) is 0 Å². The normalized spacial score (nSPS) is 16.2. The number of anilines is 1. The van der Waals surface area contributed by atoms with Gasteiger partial charge in [0.2, 0.25) is 0 Å². The minimum Gasteiger partial charge on any atom is -0.444 e. The van der Waals surface area contributed by atoms with E-state index in [0.717, 1.165) is 0 Å². The number of rotatable bonds is 9. The average Bonchev–Trinajstić information content (AvgIpc) is 3.34. The summed E-state index contributed by atoms with van der Waals surface area (Å²) in [4.78, 5) is 28.6. The third-order valence-electron chi connectivity index (χ3n) is 7.12. The molecule has 0 bridgehead atoms. The number of alkyl halides is 3. The van der Waals surface area contributed by atoms with Crippen molar-refractivity contribution >= 4 is 50.7 Å². The topological polar surface area (TPSA) is 122 Å². The molecule has 0 aliphatic carbocycles. The number of hydrogen-bond donors (Lipinski definition) is 2. The van der Waals surface area contributed by atoms with Gasteiger partial charge in [0.05, 0.1) is 32.5 Å². The van der Waals surface area contributed by atoms with Gasteiger partial charge in [-0.15, -0.1) is 0 Å². The summed E-state index contributed by atoms with van der Waals surface area (Å²) >= 11 is 12.4. The van der Waals surface area contributed by atoms with E-state index in [4.69, 9.17) is 33.7 Å². The van der Waals surface area contributed by atoms with Gasteiger partial charge in [0, 0.05) is 38.2 Å².